The molecule has 7 nitrogen and oxygen atoms in total. The molecule has 4 rings (SSSR count). The smallest absolute Gasteiger partial charge is 0.406 e. The van der Waals surface area contributed by atoms with E-state index in [0.29, 0.717) is 29.0 Å². The number of ether oxygens (including phenoxy) is 1. The van der Waals surface area contributed by atoms with Gasteiger partial charge in [0.25, 0.3) is 5.91 Å². The first kappa shape index (κ1) is 18.9. The van der Waals surface area contributed by atoms with Crippen molar-refractivity contribution in [1.29, 1.82) is 0 Å². The third kappa shape index (κ3) is 4.20. The highest BCUT2D eigenvalue weighted by Gasteiger charge is 2.33. The maximum atomic E-state index is 12.8. The van der Waals surface area contributed by atoms with E-state index < -0.39 is 6.36 Å². The van der Waals surface area contributed by atoms with E-state index in [0.717, 1.165) is 5.57 Å². The zero-order valence-corrected chi connectivity index (χ0v) is 15.2. The van der Waals surface area contributed by atoms with E-state index in [4.69, 9.17) is 4.52 Å². The molecule has 0 radical (unpaired) electrons. The molecule has 1 aliphatic carbocycles. The second-order valence-corrected chi connectivity index (χ2v) is 6.59. The van der Waals surface area contributed by atoms with Crippen LogP contribution in [0.15, 0.2) is 62.9 Å². The zero-order valence-electron chi connectivity index (χ0n) is 15.2. The lowest BCUT2D eigenvalue weighted by Gasteiger charge is -2.27. The maximum Gasteiger partial charge on any atom is 0.573 e. The Hall–Kier alpha value is -3.43. The molecular weight excluding hydrogens is 389 g/mol. The first-order valence-electron chi connectivity index (χ1n) is 8.71. The molecule has 0 fully saturated rings. The van der Waals surface area contributed by atoms with E-state index >= 15 is 0 Å². The van der Waals surface area contributed by atoms with E-state index in [1.54, 1.807) is 19.1 Å². The number of rotatable bonds is 4. The molecule has 1 aliphatic heterocycles. The maximum absolute atomic E-state index is 12.8. The second kappa shape index (κ2) is 7.19. The Bertz CT molecular complexity index is 1020. The molecule has 1 atom stereocenters. The second-order valence-electron chi connectivity index (χ2n) is 6.59. The van der Waals surface area contributed by atoms with Crippen LogP contribution in [-0.4, -0.2) is 28.5 Å². The minimum absolute atomic E-state index is 0.107. The van der Waals surface area contributed by atoms with Gasteiger partial charge in [-0.2, -0.15) is 5.11 Å². The summed E-state index contributed by atoms with van der Waals surface area (Å²) in [5.41, 5.74) is 2.54. The number of aryl methyl sites for hydroxylation is 1. The van der Waals surface area contributed by atoms with Gasteiger partial charge < -0.3 is 9.26 Å². The number of nitrogens with zero attached hydrogens (tertiary/aromatic N) is 4. The molecule has 2 heterocycles. The van der Waals surface area contributed by atoms with Crippen LogP contribution in [0.2, 0.25) is 0 Å². The van der Waals surface area contributed by atoms with Gasteiger partial charge in [-0.1, -0.05) is 28.6 Å². The number of aromatic nitrogens is 1. The van der Waals surface area contributed by atoms with Crippen molar-refractivity contribution >= 4 is 11.5 Å². The molecule has 0 N–H and O–H groups in total. The SMILES string of the molecule is Cc1cc(CN2N=NC3CC=C(c4ccc(OC(F)(F)F)cc4)C=C3C2=O)on1. The number of benzene rings is 1. The van der Waals surface area contributed by atoms with Gasteiger partial charge in [0.2, 0.25) is 0 Å². The number of hydrogen-bond acceptors (Lipinski definition) is 6. The molecule has 2 aromatic rings. The van der Waals surface area contributed by atoms with Crippen LogP contribution < -0.4 is 4.74 Å². The normalized spacial score (nSPS) is 19.0. The van der Waals surface area contributed by atoms with Crippen LogP contribution in [0, 0.1) is 6.92 Å². The highest BCUT2D eigenvalue weighted by Crippen LogP contribution is 2.32. The van der Waals surface area contributed by atoms with E-state index in [1.807, 2.05) is 6.08 Å². The summed E-state index contributed by atoms with van der Waals surface area (Å²) in [6.07, 6.45) is -0.721. The highest BCUT2D eigenvalue weighted by atomic mass is 19.4. The number of carbonyl (C=O) groups is 1. The first-order valence-corrected chi connectivity index (χ1v) is 8.71. The summed E-state index contributed by atoms with van der Waals surface area (Å²) < 4.78 is 45.9. The van der Waals surface area contributed by atoms with E-state index in [1.165, 1.54) is 29.3 Å². The number of amides is 1. The summed E-state index contributed by atoms with van der Waals surface area (Å²) in [5, 5.41) is 13.1. The summed E-state index contributed by atoms with van der Waals surface area (Å²) in [6.45, 7) is 1.88. The third-order valence-electron chi connectivity index (χ3n) is 4.41. The molecule has 150 valence electrons. The first-order chi connectivity index (χ1) is 13.8. The standard InChI is InChI=1S/C19H15F3N4O3/c1-11-8-15(29-24-11)10-26-18(27)16-9-13(4-7-17(16)23-25-26)12-2-5-14(6-3-12)28-19(20,21)22/h2-6,8-9,17H,7,10H2,1H3. The molecule has 10 heteroatoms. The molecule has 1 unspecified atom stereocenters. The Balaban J connectivity index is 1.52. The number of alkyl halides is 3. The minimum atomic E-state index is -4.74. The lowest BCUT2D eigenvalue weighted by atomic mass is 9.90. The molecular formula is C19H15F3N4O3. The van der Waals surface area contributed by atoms with Gasteiger partial charge in [0, 0.05) is 11.6 Å². The number of carbonyl (C=O) groups excluding carboxylic acids is 1. The monoisotopic (exact) mass is 404 g/mol. The third-order valence-corrected chi connectivity index (χ3v) is 4.41. The number of fused-ring (bicyclic) bond motifs is 1. The number of halogens is 3. The highest BCUT2D eigenvalue weighted by molar-refractivity contribution is 5.99. The molecule has 0 saturated heterocycles. The van der Waals surface area contributed by atoms with Gasteiger partial charge >= 0.3 is 6.36 Å². The predicted molar refractivity (Wildman–Crippen MR) is 94.2 cm³/mol. The van der Waals surface area contributed by atoms with Gasteiger partial charge in [-0.25, -0.2) is 5.01 Å². The van der Waals surface area contributed by atoms with Crippen LogP contribution in [0.4, 0.5) is 13.2 Å². The van der Waals surface area contributed by atoms with Crippen molar-refractivity contribution < 1.29 is 27.2 Å². The Morgan fingerprint density at radius 3 is 2.69 bits per heavy atom. The quantitative estimate of drug-likeness (QED) is 0.758. The van der Waals surface area contributed by atoms with Gasteiger partial charge in [0.05, 0.1) is 5.69 Å². The Morgan fingerprint density at radius 1 is 1.28 bits per heavy atom. The van der Waals surface area contributed by atoms with Crippen molar-refractivity contribution in [2.45, 2.75) is 32.3 Å². The fourth-order valence-electron chi connectivity index (χ4n) is 3.11. The van der Waals surface area contributed by atoms with Crippen molar-refractivity contribution in [2.75, 3.05) is 0 Å². The van der Waals surface area contributed by atoms with Gasteiger partial charge in [-0.15, -0.1) is 13.2 Å². The van der Waals surface area contributed by atoms with Gasteiger partial charge in [-0.05, 0) is 42.7 Å². The molecule has 29 heavy (non-hydrogen) atoms. The summed E-state index contributed by atoms with van der Waals surface area (Å²) >= 11 is 0. The summed E-state index contributed by atoms with van der Waals surface area (Å²) in [5.74, 6) is -0.124. The Labute approximate surface area is 163 Å². The lowest BCUT2D eigenvalue weighted by molar-refractivity contribution is -0.274. The fraction of sp³-hybridized carbons (Fsp3) is 0.263. The van der Waals surface area contributed by atoms with E-state index in [9.17, 15) is 18.0 Å². The minimum Gasteiger partial charge on any atom is -0.406 e. The van der Waals surface area contributed by atoms with Crippen LogP contribution in [0.3, 0.4) is 0 Å². The summed E-state index contributed by atoms with van der Waals surface area (Å²) in [4.78, 5) is 12.8. The van der Waals surface area contributed by atoms with Crippen LogP contribution in [0.5, 0.6) is 5.75 Å². The molecule has 0 spiro atoms. The summed E-state index contributed by atoms with van der Waals surface area (Å²) in [6, 6.07) is 6.80. The topological polar surface area (TPSA) is 80.3 Å². The molecule has 1 aromatic carbocycles. The van der Waals surface area contributed by atoms with Crippen LogP contribution >= 0.6 is 0 Å². The molecule has 1 amide bonds. The zero-order chi connectivity index (χ0) is 20.6. The predicted octanol–water partition coefficient (Wildman–Crippen LogP) is 4.37. The van der Waals surface area contributed by atoms with Crippen molar-refractivity contribution in [3.63, 3.8) is 0 Å². The molecule has 0 saturated carbocycles. The van der Waals surface area contributed by atoms with Gasteiger partial charge in [-0.3, -0.25) is 4.79 Å². The fourth-order valence-corrected chi connectivity index (χ4v) is 3.11. The number of hydrogen-bond donors (Lipinski definition) is 0. The molecule has 1 aromatic heterocycles. The molecule has 2 aliphatic rings. The Morgan fingerprint density at radius 2 is 2.03 bits per heavy atom. The van der Waals surface area contributed by atoms with Crippen molar-refractivity contribution in [3.05, 3.63) is 65.1 Å². The van der Waals surface area contributed by atoms with Crippen LogP contribution in [-0.2, 0) is 11.3 Å². The average Bonchev–Trinajstić information content (AvgIpc) is 3.08. The Kier molecular flexibility index (Phi) is 4.69. The van der Waals surface area contributed by atoms with Crippen LogP contribution in [0.1, 0.15) is 23.4 Å². The average molecular weight is 404 g/mol. The van der Waals surface area contributed by atoms with Gasteiger partial charge in [0.15, 0.2) is 5.76 Å². The van der Waals surface area contributed by atoms with Crippen molar-refractivity contribution in [3.8, 4) is 5.75 Å². The summed E-state index contributed by atoms with van der Waals surface area (Å²) in [7, 11) is 0. The van der Waals surface area contributed by atoms with Crippen molar-refractivity contribution in [2.24, 2.45) is 10.3 Å². The molecule has 0 bridgehead atoms. The number of allylic oxidation sites excluding steroid dienone is 2. The largest absolute Gasteiger partial charge is 0.573 e. The van der Waals surface area contributed by atoms with E-state index in [-0.39, 0.29) is 24.2 Å². The van der Waals surface area contributed by atoms with E-state index in [2.05, 4.69) is 20.2 Å². The van der Waals surface area contributed by atoms with Crippen LogP contribution in [0.25, 0.3) is 5.57 Å². The van der Waals surface area contributed by atoms with Crippen molar-refractivity contribution in [1.82, 2.24) is 10.2 Å². The van der Waals surface area contributed by atoms with Gasteiger partial charge in [0.1, 0.15) is 18.3 Å². The lowest BCUT2D eigenvalue weighted by Crippen LogP contribution is -2.35.